The molecule has 1 aromatic carbocycles. The van der Waals surface area contributed by atoms with Gasteiger partial charge < -0.3 is 10.1 Å². The summed E-state index contributed by atoms with van der Waals surface area (Å²) in [5, 5.41) is 16.1. The molecule has 1 N–H and O–H groups in total. The van der Waals surface area contributed by atoms with Crippen molar-refractivity contribution in [1.82, 2.24) is 34.2 Å². The van der Waals surface area contributed by atoms with Gasteiger partial charge in [-0.2, -0.15) is 5.10 Å². The summed E-state index contributed by atoms with van der Waals surface area (Å²) in [5.41, 5.74) is 5.47. The number of fused-ring (bicyclic) bond motifs is 3. The fourth-order valence-electron chi connectivity index (χ4n) is 4.21. The van der Waals surface area contributed by atoms with Crippen LogP contribution in [0.1, 0.15) is 22.6 Å². The summed E-state index contributed by atoms with van der Waals surface area (Å²) in [6.07, 6.45) is 4.01. The summed E-state index contributed by atoms with van der Waals surface area (Å²) >= 11 is 0. The highest BCUT2D eigenvalue weighted by Crippen LogP contribution is 2.31. The number of aromatic nitrogens is 7. The second kappa shape index (κ2) is 6.98. The highest BCUT2D eigenvalue weighted by molar-refractivity contribution is 5.86. The van der Waals surface area contributed by atoms with Crippen molar-refractivity contribution in [1.29, 1.82) is 0 Å². The van der Waals surface area contributed by atoms with Gasteiger partial charge in [-0.15, -0.1) is 10.2 Å². The maximum atomic E-state index is 14.5. The van der Waals surface area contributed by atoms with Gasteiger partial charge in [0.1, 0.15) is 23.7 Å². The Morgan fingerprint density at radius 2 is 2.03 bits per heavy atom. The normalized spacial score (nSPS) is 13.0. The van der Waals surface area contributed by atoms with E-state index in [0.717, 1.165) is 33.8 Å². The van der Waals surface area contributed by atoms with Gasteiger partial charge in [-0.1, -0.05) is 0 Å². The third kappa shape index (κ3) is 2.79. The van der Waals surface area contributed by atoms with Crippen molar-refractivity contribution < 1.29 is 9.13 Å². The van der Waals surface area contributed by atoms with E-state index in [9.17, 15) is 4.39 Å². The Kier molecular flexibility index (Phi) is 4.07. The van der Waals surface area contributed by atoms with Crippen molar-refractivity contribution in [2.75, 3.05) is 11.9 Å². The molecule has 1 aliphatic heterocycles. The van der Waals surface area contributed by atoms with Crippen molar-refractivity contribution >= 4 is 17.2 Å². The monoisotopic (exact) mass is 430 g/mol. The molecule has 4 aromatic heterocycles. The predicted octanol–water partition coefficient (Wildman–Crippen LogP) is 3.14. The average molecular weight is 430 g/mol. The molecule has 0 spiro atoms. The number of nitrogens with zero attached hydrogens (tertiary/aromatic N) is 7. The van der Waals surface area contributed by atoms with Crippen LogP contribution in [0.5, 0.6) is 5.75 Å². The summed E-state index contributed by atoms with van der Waals surface area (Å²) in [7, 11) is 0. The number of anilines is 1. The lowest BCUT2D eigenvalue weighted by molar-refractivity contribution is 0.356. The Morgan fingerprint density at radius 1 is 1.12 bits per heavy atom. The smallest absolute Gasteiger partial charge is 0.210 e. The summed E-state index contributed by atoms with van der Waals surface area (Å²) in [6.45, 7) is 4.68. The van der Waals surface area contributed by atoms with E-state index in [1.807, 2.05) is 30.5 Å². The lowest BCUT2D eigenvalue weighted by Crippen LogP contribution is -2.10. The van der Waals surface area contributed by atoms with Crippen molar-refractivity contribution in [3.05, 3.63) is 65.3 Å². The molecule has 0 radical (unpaired) electrons. The van der Waals surface area contributed by atoms with Gasteiger partial charge in [0.05, 0.1) is 6.61 Å². The van der Waals surface area contributed by atoms with E-state index in [1.165, 1.54) is 6.07 Å². The minimum atomic E-state index is -0.261. The molecule has 10 heteroatoms. The van der Waals surface area contributed by atoms with E-state index in [1.54, 1.807) is 23.0 Å². The van der Waals surface area contributed by atoms with Gasteiger partial charge in [-0.05, 0) is 38.1 Å². The van der Waals surface area contributed by atoms with Gasteiger partial charge >= 0.3 is 0 Å². The molecule has 0 amide bonds. The number of hydrogen-bond donors (Lipinski definition) is 1. The van der Waals surface area contributed by atoms with Crippen molar-refractivity contribution in [3.63, 3.8) is 0 Å². The minimum absolute atomic E-state index is 0.261. The largest absolute Gasteiger partial charge is 0.493 e. The first-order valence-electron chi connectivity index (χ1n) is 10.3. The predicted molar refractivity (Wildman–Crippen MR) is 115 cm³/mol. The van der Waals surface area contributed by atoms with Crippen LogP contribution in [0.15, 0.2) is 36.8 Å². The van der Waals surface area contributed by atoms with Crippen LogP contribution >= 0.6 is 0 Å². The molecule has 6 rings (SSSR count). The third-order valence-corrected chi connectivity index (χ3v) is 5.77. The first kappa shape index (κ1) is 18.7. The molecule has 9 nitrogen and oxygen atoms in total. The van der Waals surface area contributed by atoms with E-state index in [0.29, 0.717) is 36.0 Å². The Balaban J connectivity index is 1.41. The molecule has 5 aromatic rings. The molecule has 1 aliphatic rings. The fourth-order valence-corrected chi connectivity index (χ4v) is 4.21. The number of benzene rings is 1. The Hall–Kier alpha value is -4.08. The van der Waals surface area contributed by atoms with Gasteiger partial charge in [-0.25, -0.2) is 18.9 Å². The molecule has 32 heavy (non-hydrogen) atoms. The van der Waals surface area contributed by atoms with Crippen LogP contribution in [0.2, 0.25) is 0 Å². The van der Waals surface area contributed by atoms with Crippen LogP contribution in [0.3, 0.4) is 0 Å². The molecule has 0 unspecified atom stereocenters. The van der Waals surface area contributed by atoms with Crippen LogP contribution < -0.4 is 10.1 Å². The zero-order valence-electron chi connectivity index (χ0n) is 17.5. The number of hydrogen-bond acceptors (Lipinski definition) is 7. The maximum absolute atomic E-state index is 14.5. The molecule has 0 atom stereocenters. The molecule has 160 valence electrons. The topological polar surface area (TPSA) is 94.5 Å². The van der Waals surface area contributed by atoms with Crippen LogP contribution in [-0.4, -0.2) is 40.8 Å². The highest BCUT2D eigenvalue weighted by atomic mass is 19.1. The first-order chi connectivity index (χ1) is 15.6. The fraction of sp³-hybridized carbons (Fsp3) is 0.227. The molecule has 0 fully saturated rings. The van der Waals surface area contributed by atoms with Crippen molar-refractivity contribution in [2.45, 2.75) is 26.8 Å². The van der Waals surface area contributed by atoms with Gasteiger partial charge in [0.2, 0.25) is 5.95 Å². The lowest BCUT2D eigenvalue weighted by Gasteiger charge is -2.13. The van der Waals surface area contributed by atoms with Crippen molar-refractivity contribution in [3.8, 4) is 16.9 Å². The third-order valence-electron chi connectivity index (χ3n) is 5.77. The molecule has 0 saturated heterocycles. The molecule has 0 aliphatic carbocycles. The zero-order valence-corrected chi connectivity index (χ0v) is 17.5. The van der Waals surface area contributed by atoms with Crippen LogP contribution in [0.4, 0.5) is 10.3 Å². The standard InChI is InChI=1S/C22H19FN8O/c1-12-3-4-15(20-27-13(2)29-31(12)20)17-10-25-22(30-11-26-28-21(17)30)24-9-16-14-7-8-32-19(14)6-5-18(16)23/h3-6,10-11H,7-9H2,1-2H3,(H,24,25). The number of halogens is 1. The minimum Gasteiger partial charge on any atom is -0.493 e. The number of aryl methyl sites for hydroxylation is 2. The lowest BCUT2D eigenvalue weighted by atomic mass is 10.0. The molecule has 0 saturated carbocycles. The molecular formula is C22H19FN8O. The van der Waals surface area contributed by atoms with Gasteiger partial charge in [-0.3, -0.25) is 4.40 Å². The summed E-state index contributed by atoms with van der Waals surface area (Å²) in [5.74, 6) is 1.69. The quantitative estimate of drug-likeness (QED) is 0.468. The maximum Gasteiger partial charge on any atom is 0.210 e. The summed E-state index contributed by atoms with van der Waals surface area (Å²) in [4.78, 5) is 9.17. The number of ether oxygens (including phenoxy) is 1. The van der Waals surface area contributed by atoms with Gasteiger partial charge in [0.25, 0.3) is 0 Å². The average Bonchev–Trinajstić information content (AvgIpc) is 3.53. The SMILES string of the molecule is Cc1nc2c(-c3cnc(NCc4c(F)ccc5c4CCO5)n4cnnc34)ccc(C)n2n1. The van der Waals surface area contributed by atoms with Crippen LogP contribution in [0, 0.1) is 19.7 Å². The molecule has 0 bridgehead atoms. The van der Waals surface area contributed by atoms with E-state index in [-0.39, 0.29) is 12.4 Å². The molecule has 5 heterocycles. The summed E-state index contributed by atoms with van der Waals surface area (Å²) in [6, 6.07) is 7.09. The molecular weight excluding hydrogens is 411 g/mol. The van der Waals surface area contributed by atoms with E-state index in [4.69, 9.17) is 4.74 Å². The second-order valence-corrected chi connectivity index (χ2v) is 7.76. The first-order valence-corrected chi connectivity index (χ1v) is 10.3. The van der Waals surface area contributed by atoms with E-state index < -0.39 is 0 Å². The van der Waals surface area contributed by atoms with E-state index in [2.05, 4.69) is 30.6 Å². The number of pyridine rings is 1. The second-order valence-electron chi connectivity index (χ2n) is 7.76. The number of nitrogens with one attached hydrogen (secondary N) is 1. The van der Waals surface area contributed by atoms with E-state index >= 15 is 0 Å². The highest BCUT2D eigenvalue weighted by Gasteiger charge is 2.20. The Bertz CT molecular complexity index is 1510. The van der Waals surface area contributed by atoms with Gasteiger partial charge in [0, 0.05) is 47.1 Å². The Labute approximate surface area is 181 Å². The van der Waals surface area contributed by atoms with Gasteiger partial charge in [0.15, 0.2) is 11.3 Å². The van der Waals surface area contributed by atoms with Crippen LogP contribution in [-0.2, 0) is 13.0 Å². The van der Waals surface area contributed by atoms with Crippen molar-refractivity contribution in [2.24, 2.45) is 0 Å². The zero-order chi connectivity index (χ0) is 21.8. The van der Waals surface area contributed by atoms with Crippen LogP contribution in [0.25, 0.3) is 22.4 Å². The Morgan fingerprint density at radius 3 is 2.94 bits per heavy atom. The number of rotatable bonds is 4. The summed E-state index contributed by atoms with van der Waals surface area (Å²) < 4.78 is 23.6.